The molecule has 3 unspecified atom stereocenters. The molecule has 0 aromatic heterocycles. The van der Waals surface area contributed by atoms with Crippen LogP contribution in [0.25, 0.3) is 0 Å². The molecule has 17 heavy (non-hydrogen) atoms. The number of aryl methyl sites for hydroxylation is 1. The van der Waals surface area contributed by atoms with Gasteiger partial charge in [0.2, 0.25) is 0 Å². The first-order valence-electron chi connectivity index (χ1n) is 6.62. The highest BCUT2D eigenvalue weighted by atomic mass is 19.1. The van der Waals surface area contributed by atoms with Crippen LogP contribution in [0.15, 0.2) is 18.2 Å². The summed E-state index contributed by atoms with van der Waals surface area (Å²) in [6.07, 6.45) is 4.78. The average molecular weight is 234 g/mol. The summed E-state index contributed by atoms with van der Waals surface area (Å²) in [5, 5.41) is 10.4. The summed E-state index contributed by atoms with van der Waals surface area (Å²) in [7, 11) is 0. The first kappa shape index (κ1) is 11.2. The zero-order valence-corrected chi connectivity index (χ0v) is 10.2. The maximum atomic E-state index is 13.2. The molecule has 0 heterocycles. The minimum atomic E-state index is -0.387. The van der Waals surface area contributed by atoms with Crippen LogP contribution in [-0.4, -0.2) is 5.11 Å². The lowest BCUT2D eigenvalue weighted by molar-refractivity contribution is 0.142. The molecule has 0 aliphatic heterocycles. The van der Waals surface area contributed by atoms with E-state index in [0.717, 1.165) is 17.4 Å². The molecule has 2 heteroatoms. The topological polar surface area (TPSA) is 20.2 Å². The number of benzene rings is 1. The highest BCUT2D eigenvalue weighted by Gasteiger charge is 2.54. The van der Waals surface area contributed by atoms with Gasteiger partial charge in [0.15, 0.2) is 0 Å². The van der Waals surface area contributed by atoms with E-state index in [9.17, 15) is 9.50 Å². The minimum Gasteiger partial charge on any atom is -0.388 e. The number of aliphatic hydroxyl groups is 1. The number of hydrogen-bond donors (Lipinski definition) is 1. The van der Waals surface area contributed by atoms with Gasteiger partial charge < -0.3 is 5.11 Å². The Labute approximate surface area is 102 Å². The summed E-state index contributed by atoms with van der Waals surface area (Å²) in [4.78, 5) is 0. The molecule has 92 valence electrons. The largest absolute Gasteiger partial charge is 0.388 e. The first-order chi connectivity index (χ1) is 8.18. The SMILES string of the molecule is Cc1cc(C(O)C2C3CCCCC32)ccc1F. The molecule has 3 atom stereocenters. The molecule has 2 saturated carbocycles. The van der Waals surface area contributed by atoms with Crippen molar-refractivity contribution in [3.63, 3.8) is 0 Å². The highest BCUT2D eigenvalue weighted by Crippen LogP contribution is 2.60. The monoisotopic (exact) mass is 234 g/mol. The molecule has 1 nitrogen and oxygen atoms in total. The smallest absolute Gasteiger partial charge is 0.126 e. The zero-order chi connectivity index (χ0) is 12.0. The third-order valence-electron chi connectivity index (χ3n) is 4.61. The van der Waals surface area contributed by atoms with Gasteiger partial charge in [-0.15, -0.1) is 0 Å². The third-order valence-corrected chi connectivity index (χ3v) is 4.61. The maximum absolute atomic E-state index is 13.2. The van der Waals surface area contributed by atoms with Gasteiger partial charge in [-0.3, -0.25) is 0 Å². The van der Waals surface area contributed by atoms with Crippen molar-refractivity contribution in [3.8, 4) is 0 Å². The van der Waals surface area contributed by atoms with E-state index < -0.39 is 0 Å². The van der Waals surface area contributed by atoms with Crippen LogP contribution in [0.5, 0.6) is 0 Å². The quantitative estimate of drug-likeness (QED) is 0.829. The second kappa shape index (κ2) is 4.09. The summed E-state index contributed by atoms with van der Waals surface area (Å²) in [6.45, 7) is 1.76. The molecule has 0 amide bonds. The molecule has 2 fully saturated rings. The van der Waals surface area contributed by atoms with Crippen molar-refractivity contribution in [1.82, 2.24) is 0 Å². The molecular formula is C15H19FO. The zero-order valence-electron chi connectivity index (χ0n) is 10.2. The van der Waals surface area contributed by atoms with Crippen molar-refractivity contribution >= 4 is 0 Å². The summed E-state index contributed by atoms with van der Waals surface area (Å²) >= 11 is 0. The lowest BCUT2D eigenvalue weighted by atomic mass is 10.0. The Morgan fingerprint density at radius 1 is 1.24 bits per heavy atom. The van der Waals surface area contributed by atoms with Gasteiger partial charge in [-0.25, -0.2) is 4.39 Å². The van der Waals surface area contributed by atoms with Crippen molar-refractivity contribution in [2.75, 3.05) is 0 Å². The van der Waals surface area contributed by atoms with Gasteiger partial charge in [-0.05, 0) is 54.7 Å². The predicted molar refractivity (Wildman–Crippen MR) is 65.0 cm³/mol. The van der Waals surface area contributed by atoms with E-state index in [1.807, 2.05) is 0 Å². The minimum absolute atomic E-state index is 0.186. The van der Waals surface area contributed by atoms with Gasteiger partial charge >= 0.3 is 0 Å². The van der Waals surface area contributed by atoms with E-state index in [2.05, 4.69) is 0 Å². The van der Waals surface area contributed by atoms with Crippen LogP contribution < -0.4 is 0 Å². The van der Waals surface area contributed by atoms with Crippen LogP contribution in [-0.2, 0) is 0 Å². The first-order valence-corrected chi connectivity index (χ1v) is 6.62. The Morgan fingerprint density at radius 3 is 2.47 bits per heavy atom. The van der Waals surface area contributed by atoms with Crippen LogP contribution in [0.3, 0.4) is 0 Å². The van der Waals surface area contributed by atoms with Crippen molar-refractivity contribution in [2.24, 2.45) is 17.8 Å². The Balaban J connectivity index is 1.78. The summed E-state index contributed by atoms with van der Waals surface area (Å²) < 4.78 is 13.2. The number of hydrogen-bond acceptors (Lipinski definition) is 1. The molecule has 0 spiro atoms. The van der Waals surface area contributed by atoms with Crippen LogP contribution in [0, 0.1) is 30.5 Å². The van der Waals surface area contributed by atoms with Crippen LogP contribution >= 0.6 is 0 Å². The number of fused-ring (bicyclic) bond motifs is 1. The van der Waals surface area contributed by atoms with E-state index in [4.69, 9.17) is 0 Å². The maximum Gasteiger partial charge on any atom is 0.126 e. The summed E-state index contributed by atoms with van der Waals surface area (Å²) in [5.41, 5.74) is 1.52. The molecule has 0 bridgehead atoms. The van der Waals surface area contributed by atoms with E-state index in [0.29, 0.717) is 11.5 Å². The van der Waals surface area contributed by atoms with Crippen molar-refractivity contribution in [1.29, 1.82) is 0 Å². The second-order valence-corrected chi connectivity index (χ2v) is 5.64. The van der Waals surface area contributed by atoms with Crippen LogP contribution in [0.2, 0.25) is 0 Å². The van der Waals surface area contributed by atoms with Crippen LogP contribution in [0.1, 0.15) is 42.9 Å². The number of aliphatic hydroxyl groups excluding tert-OH is 1. The Kier molecular flexibility index (Phi) is 2.70. The third kappa shape index (κ3) is 1.89. The normalized spacial score (nSPS) is 33.0. The van der Waals surface area contributed by atoms with E-state index in [1.165, 1.54) is 31.7 Å². The molecule has 1 aromatic carbocycles. The average Bonchev–Trinajstić information content (AvgIpc) is 3.06. The molecule has 0 saturated heterocycles. The fourth-order valence-corrected chi connectivity index (χ4v) is 3.59. The number of rotatable bonds is 2. The second-order valence-electron chi connectivity index (χ2n) is 5.64. The molecule has 0 radical (unpaired) electrons. The lowest BCUT2D eigenvalue weighted by Gasteiger charge is -2.12. The van der Waals surface area contributed by atoms with Gasteiger partial charge in [-0.1, -0.05) is 25.0 Å². The summed E-state index contributed by atoms with van der Waals surface area (Å²) in [5.74, 6) is 1.70. The lowest BCUT2D eigenvalue weighted by Crippen LogP contribution is -2.03. The summed E-state index contributed by atoms with van der Waals surface area (Å²) in [6, 6.07) is 5.00. The fraction of sp³-hybridized carbons (Fsp3) is 0.600. The van der Waals surface area contributed by atoms with E-state index >= 15 is 0 Å². The van der Waals surface area contributed by atoms with Crippen molar-refractivity contribution in [2.45, 2.75) is 38.7 Å². The van der Waals surface area contributed by atoms with E-state index in [-0.39, 0.29) is 11.9 Å². The predicted octanol–water partition coefficient (Wildman–Crippen LogP) is 3.60. The van der Waals surface area contributed by atoms with Gasteiger partial charge in [-0.2, -0.15) is 0 Å². The standard InChI is InChI=1S/C15H19FO/c1-9-8-10(6-7-13(9)16)15(17)14-11-4-2-3-5-12(11)14/h6-8,11-12,14-15,17H,2-5H2,1H3. The van der Waals surface area contributed by atoms with Gasteiger partial charge in [0.25, 0.3) is 0 Å². The molecular weight excluding hydrogens is 215 g/mol. The highest BCUT2D eigenvalue weighted by molar-refractivity contribution is 5.27. The van der Waals surface area contributed by atoms with Crippen LogP contribution in [0.4, 0.5) is 4.39 Å². The number of halogens is 1. The Bertz CT molecular complexity index is 417. The molecule has 1 N–H and O–H groups in total. The van der Waals surface area contributed by atoms with Crippen molar-refractivity contribution < 1.29 is 9.50 Å². The van der Waals surface area contributed by atoms with Gasteiger partial charge in [0.05, 0.1) is 6.10 Å². The van der Waals surface area contributed by atoms with Crippen molar-refractivity contribution in [3.05, 3.63) is 35.1 Å². The Morgan fingerprint density at radius 2 is 1.88 bits per heavy atom. The van der Waals surface area contributed by atoms with Gasteiger partial charge in [0, 0.05) is 0 Å². The fourth-order valence-electron chi connectivity index (χ4n) is 3.59. The van der Waals surface area contributed by atoms with E-state index in [1.54, 1.807) is 19.1 Å². The van der Waals surface area contributed by atoms with Gasteiger partial charge in [0.1, 0.15) is 5.82 Å². The molecule has 3 rings (SSSR count). The Hall–Kier alpha value is -0.890. The molecule has 1 aromatic rings. The molecule has 2 aliphatic rings. The molecule has 2 aliphatic carbocycles.